The third kappa shape index (κ3) is 4.57. The van der Waals surface area contributed by atoms with Crippen molar-refractivity contribution in [2.75, 3.05) is 4.90 Å². The molecule has 0 fully saturated rings. The Labute approximate surface area is 238 Å². The van der Waals surface area contributed by atoms with Crippen LogP contribution < -0.4 is 4.90 Å². The molecular weight excluding hydrogens is 507 g/mol. The summed E-state index contributed by atoms with van der Waals surface area (Å²) in [6.07, 6.45) is 0. The topological polar surface area (TPSA) is 40.3 Å². The Morgan fingerprint density at radius 2 is 1.00 bits per heavy atom. The van der Waals surface area contributed by atoms with Crippen molar-refractivity contribution >= 4 is 22.8 Å². The summed E-state index contributed by atoms with van der Waals surface area (Å²) in [4.78, 5) is 17.5. The van der Waals surface area contributed by atoms with Crippen LogP contribution in [0.3, 0.4) is 0 Å². The minimum absolute atomic E-state index is 0.320. The van der Waals surface area contributed by atoms with Crippen molar-refractivity contribution in [2.24, 2.45) is 15.0 Å². The van der Waals surface area contributed by atoms with Gasteiger partial charge in [-0.3, -0.25) is 0 Å². The van der Waals surface area contributed by atoms with Gasteiger partial charge in [0.2, 0.25) is 0 Å². The molecule has 0 aromatic heterocycles. The third-order valence-corrected chi connectivity index (χ3v) is 7.23. The highest BCUT2D eigenvalue weighted by Gasteiger charge is 2.39. The van der Waals surface area contributed by atoms with Gasteiger partial charge in [-0.15, -0.1) is 0 Å². The number of nitrogens with zero attached hydrogens (tertiary/aromatic N) is 4. The van der Waals surface area contributed by atoms with Crippen LogP contribution in [0.5, 0.6) is 0 Å². The number of aliphatic imine (C=N–C) groups is 3. The molecule has 2 heterocycles. The lowest BCUT2D eigenvalue weighted by Gasteiger charge is -2.28. The van der Waals surface area contributed by atoms with Crippen molar-refractivity contribution < 1.29 is 4.39 Å². The summed E-state index contributed by atoms with van der Waals surface area (Å²) in [5, 5.41) is 0. The zero-order chi connectivity index (χ0) is 27.6. The molecule has 41 heavy (non-hydrogen) atoms. The van der Waals surface area contributed by atoms with Crippen molar-refractivity contribution in [3.05, 3.63) is 185 Å². The van der Waals surface area contributed by atoms with Crippen LogP contribution >= 0.6 is 0 Å². The van der Waals surface area contributed by atoms with E-state index < -0.39 is 0 Å². The number of halogens is 1. The number of hydrogen-bond acceptors (Lipinski definition) is 4. The fourth-order valence-corrected chi connectivity index (χ4v) is 5.35. The van der Waals surface area contributed by atoms with Gasteiger partial charge in [0, 0.05) is 22.4 Å². The number of rotatable bonds is 5. The highest BCUT2D eigenvalue weighted by atomic mass is 19.1. The maximum absolute atomic E-state index is 15.4. The molecule has 5 aromatic carbocycles. The van der Waals surface area contributed by atoms with Crippen molar-refractivity contribution in [2.45, 2.75) is 6.04 Å². The number of anilines is 1. The molecule has 7 rings (SSSR count). The van der Waals surface area contributed by atoms with E-state index >= 15 is 4.39 Å². The fourth-order valence-electron chi connectivity index (χ4n) is 5.35. The Balaban J connectivity index is 1.51. The molecule has 0 aliphatic carbocycles. The van der Waals surface area contributed by atoms with Crippen LogP contribution in [0, 0.1) is 5.82 Å². The highest BCUT2D eigenvalue weighted by Crippen LogP contribution is 2.42. The Hall–Kier alpha value is -5.42. The average Bonchev–Trinajstić information content (AvgIpc) is 3.66. The van der Waals surface area contributed by atoms with Gasteiger partial charge in [-0.1, -0.05) is 127 Å². The minimum atomic E-state index is -0.385. The van der Waals surface area contributed by atoms with Gasteiger partial charge in [-0.05, 0) is 23.8 Å². The molecule has 0 saturated heterocycles. The first kappa shape index (κ1) is 24.6. The van der Waals surface area contributed by atoms with Crippen LogP contribution in [0.15, 0.2) is 172 Å². The van der Waals surface area contributed by atoms with Crippen LogP contribution in [0.1, 0.15) is 28.3 Å². The molecule has 1 atom stereocenters. The molecule has 0 N–H and O–H groups in total. The van der Waals surface area contributed by atoms with E-state index in [-0.39, 0.29) is 11.9 Å². The summed E-state index contributed by atoms with van der Waals surface area (Å²) in [7, 11) is 0. The predicted molar refractivity (Wildman–Crippen MR) is 164 cm³/mol. The molecule has 5 aromatic rings. The lowest BCUT2D eigenvalue weighted by molar-refractivity contribution is 0.624. The first-order valence-electron chi connectivity index (χ1n) is 13.5. The molecule has 0 saturated carbocycles. The van der Waals surface area contributed by atoms with Gasteiger partial charge in [0.1, 0.15) is 11.9 Å². The minimum Gasteiger partial charge on any atom is -0.310 e. The van der Waals surface area contributed by atoms with Crippen molar-refractivity contribution in [1.82, 2.24) is 0 Å². The van der Waals surface area contributed by atoms with E-state index in [0.717, 1.165) is 33.8 Å². The predicted octanol–water partition coefficient (Wildman–Crippen LogP) is 8.00. The molecular formula is C36H25FN4. The smallest absolute Gasteiger partial charge is 0.197 e. The van der Waals surface area contributed by atoms with Gasteiger partial charge in [0.25, 0.3) is 0 Å². The van der Waals surface area contributed by atoms with E-state index in [4.69, 9.17) is 15.0 Å². The summed E-state index contributed by atoms with van der Waals surface area (Å²) >= 11 is 0. The van der Waals surface area contributed by atoms with Gasteiger partial charge in [0.05, 0.1) is 17.1 Å². The molecule has 196 valence electrons. The molecule has 0 amide bonds. The number of para-hydroxylation sites is 1. The van der Waals surface area contributed by atoms with E-state index in [1.165, 1.54) is 6.07 Å². The molecule has 1 unspecified atom stereocenters. The largest absolute Gasteiger partial charge is 0.310 e. The standard InChI is InChI=1S/C36H25FN4/c37-30-24-14-13-23-29(30)33-34(27-19-9-3-10-20-27)41(28-21-11-4-12-22-28)36(40-33)35-38-31(25-15-5-1-6-16-25)32(39-35)26-17-7-2-8-18-26/h1-24,34H. The van der Waals surface area contributed by atoms with Gasteiger partial charge in [-0.25, -0.2) is 19.4 Å². The molecule has 0 bridgehead atoms. The van der Waals surface area contributed by atoms with Crippen LogP contribution in [0.2, 0.25) is 0 Å². The maximum Gasteiger partial charge on any atom is 0.197 e. The molecule has 0 spiro atoms. The van der Waals surface area contributed by atoms with Gasteiger partial charge >= 0.3 is 0 Å². The molecule has 0 radical (unpaired) electrons. The van der Waals surface area contributed by atoms with E-state index in [9.17, 15) is 0 Å². The summed E-state index contributed by atoms with van der Waals surface area (Å²) < 4.78 is 15.4. The van der Waals surface area contributed by atoms with E-state index in [0.29, 0.717) is 22.9 Å². The van der Waals surface area contributed by atoms with Crippen LogP contribution in [-0.2, 0) is 0 Å². The second-order valence-electron chi connectivity index (χ2n) is 9.80. The SMILES string of the molecule is Fc1ccccc1C1=NC(=C2N=C(c3ccccc3)C(c3ccccc3)=N2)N(c2ccccc2)C1c1ccccc1. The zero-order valence-corrected chi connectivity index (χ0v) is 22.1. The summed E-state index contributed by atoms with van der Waals surface area (Å²) in [5.74, 6) is 0.737. The van der Waals surface area contributed by atoms with Crippen LogP contribution in [-0.4, -0.2) is 17.1 Å². The van der Waals surface area contributed by atoms with Gasteiger partial charge in [0.15, 0.2) is 11.6 Å². The van der Waals surface area contributed by atoms with E-state index in [1.54, 1.807) is 12.1 Å². The highest BCUT2D eigenvalue weighted by molar-refractivity contribution is 6.55. The summed E-state index contributed by atoms with van der Waals surface area (Å²) in [6, 6.07) is 46.6. The van der Waals surface area contributed by atoms with E-state index in [1.807, 2.05) is 115 Å². The van der Waals surface area contributed by atoms with Gasteiger partial charge in [-0.2, -0.15) is 0 Å². The Morgan fingerprint density at radius 3 is 1.56 bits per heavy atom. The maximum atomic E-state index is 15.4. The van der Waals surface area contributed by atoms with Crippen molar-refractivity contribution in [3.63, 3.8) is 0 Å². The van der Waals surface area contributed by atoms with Crippen molar-refractivity contribution in [3.8, 4) is 0 Å². The first-order chi connectivity index (χ1) is 20.3. The Kier molecular flexibility index (Phi) is 6.38. The molecule has 2 aliphatic rings. The fraction of sp³-hybridized carbons (Fsp3) is 0.0278. The second-order valence-corrected chi connectivity index (χ2v) is 9.80. The molecule has 2 aliphatic heterocycles. The third-order valence-electron chi connectivity index (χ3n) is 7.23. The molecule has 5 heteroatoms. The van der Waals surface area contributed by atoms with Crippen LogP contribution in [0.4, 0.5) is 10.1 Å². The average molecular weight is 533 g/mol. The quantitative estimate of drug-likeness (QED) is 0.226. The lowest BCUT2D eigenvalue weighted by atomic mass is 9.95. The second kappa shape index (κ2) is 10.6. The van der Waals surface area contributed by atoms with Crippen LogP contribution in [0.25, 0.3) is 0 Å². The molecule has 4 nitrogen and oxygen atoms in total. The van der Waals surface area contributed by atoms with E-state index in [2.05, 4.69) is 17.0 Å². The lowest BCUT2D eigenvalue weighted by Crippen LogP contribution is -2.28. The number of benzene rings is 5. The number of hydrogen-bond donors (Lipinski definition) is 0. The zero-order valence-electron chi connectivity index (χ0n) is 22.1. The monoisotopic (exact) mass is 532 g/mol. The summed E-state index contributed by atoms with van der Waals surface area (Å²) in [5.41, 5.74) is 6.46. The summed E-state index contributed by atoms with van der Waals surface area (Å²) in [6.45, 7) is 0. The first-order valence-corrected chi connectivity index (χ1v) is 13.5. The van der Waals surface area contributed by atoms with Gasteiger partial charge < -0.3 is 4.90 Å². The Morgan fingerprint density at radius 1 is 0.512 bits per heavy atom. The Bertz CT molecular complexity index is 1770. The normalized spacial score (nSPS) is 16.5. The van der Waals surface area contributed by atoms with Crippen molar-refractivity contribution in [1.29, 1.82) is 0 Å².